The Morgan fingerprint density at radius 2 is 1.73 bits per heavy atom. The van der Waals surface area contributed by atoms with E-state index < -0.39 is 12.3 Å². The zero-order valence-electron chi connectivity index (χ0n) is 26.6. The van der Waals surface area contributed by atoms with Gasteiger partial charge in [0.1, 0.15) is 5.82 Å². The third kappa shape index (κ3) is 9.78. The van der Waals surface area contributed by atoms with Crippen molar-refractivity contribution < 1.29 is 27.3 Å². The van der Waals surface area contributed by atoms with E-state index in [0.717, 1.165) is 17.7 Å². The third-order valence-corrected chi connectivity index (χ3v) is 6.62. The van der Waals surface area contributed by atoms with E-state index in [0.29, 0.717) is 43.0 Å². The van der Waals surface area contributed by atoms with Crippen LogP contribution in [-0.2, 0) is 22.7 Å². The molecule has 0 fully saturated rings. The normalized spacial score (nSPS) is 12.1. The summed E-state index contributed by atoms with van der Waals surface area (Å²) in [7, 11) is 1.64. The Morgan fingerprint density at radius 1 is 1.02 bits per heavy atom. The van der Waals surface area contributed by atoms with Gasteiger partial charge in [-0.2, -0.15) is 13.8 Å². The first-order valence-corrected chi connectivity index (χ1v) is 14.9. The van der Waals surface area contributed by atoms with Crippen LogP contribution in [0.2, 0.25) is 0 Å². The number of hydrazine groups is 1. The number of aromatic nitrogens is 2. The molecule has 0 radical (unpaired) electrons. The molecule has 0 bridgehead atoms. The van der Waals surface area contributed by atoms with Crippen LogP contribution < -0.4 is 15.5 Å². The van der Waals surface area contributed by atoms with E-state index in [9.17, 15) is 22.8 Å². The molecule has 0 atom stereocenters. The van der Waals surface area contributed by atoms with Gasteiger partial charge in [0.25, 0.3) is 11.8 Å². The molecule has 0 spiro atoms. The number of benzene rings is 2. The van der Waals surface area contributed by atoms with Crippen LogP contribution in [0, 0.1) is 12.7 Å². The average molecular weight is 620 g/mol. The Hall–Kier alpha value is -3.97. The molecule has 13 heteroatoms. The summed E-state index contributed by atoms with van der Waals surface area (Å²) in [4.78, 5) is 31.6. The Balaban J connectivity index is 0.00000162. The topological polar surface area (TPSA) is 107 Å². The van der Waals surface area contributed by atoms with Gasteiger partial charge in [-0.25, -0.2) is 9.40 Å². The number of aryl methyl sites for hydroxylation is 1. The predicted molar refractivity (Wildman–Crippen MR) is 164 cm³/mol. The maximum atomic E-state index is 13.7. The summed E-state index contributed by atoms with van der Waals surface area (Å²) >= 11 is 0. The van der Waals surface area contributed by atoms with Crippen LogP contribution >= 0.6 is 0 Å². The molecule has 242 valence electrons. The van der Waals surface area contributed by atoms with E-state index in [1.54, 1.807) is 43.1 Å². The molecule has 0 saturated heterocycles. The molecule has 3 aromatic rings. The van der Waals surface area contributed by atoms with Crippen molar-refractivity contribution in [2.24, 2.45) is 0 Å². The molecule has 0 aliphatic carbocycles. The van der Waals surface area contributed by atoms with Crippen molar-refractivity contribution in [1.82, 2.24) is 30.8 Å². The molecule has 1 aliphatic heterocycles. The lowest BCUT2D eigenvalue weighted by Gasteiger charge is -2.32. The maximum absolute atomic E-state index is 13.7. The van der Waals surface area contributed by atoms with Gasteiger partial charge >= 0.3 is 6.43 Å². The number of carbonyl (C=O) groups is 2. The zero-order valence-corrected chi connectivity index (χ0v) is 26.6. The Labute approximate surface area is 257 Å². The molecule has 1 aliphatic rings. The molecule has 2 aromatic carbocycles. The molecular weight excluding hydrogens is 575 g/mol. The van der Waals surface area contributed by atoms with E-state index in [-0.39, 0.29) is 36.5 Å². The highest BCUT2D eigenvalue weighted by Gasteiger charge is 2.28. The van der Waals surface area contributed by atoms with Crippen LogP contribution in [0.1, 0.15) is 63.6 Å². The molecule has 2 N–H and O–H groups in total. The second-order valence-corrected chi connectivity index (χ2v) is 9.47. The van der Waals surface area contributed by atoms with Crippen molar-refractivity contribution >= 4 is 17.5 Å². The lowest BCUT2D eigenvalue weighted by Crippen LogP contribution is -2.48. The fourth-order valence-electron chi connectivity index (χ4n) is 4.49. The van der Waals surface area contributed by atoms with E-state index in [4.69, 9.17) is 0 Å². The number of hydrogen-bond donors (Lipinski definition) is 2. The van der Waals surface area contributed by atoms with Gasteiger partial charge in [0.05, 0.1) is 13.1 Å². The van der Waals surface area contributed by atoms with Gasteiger partial charge in [-0.15, -0.1) is 0 Å². The van der Waals surface area contributed by atoms with Gasteiger partial charge in [-0.3, -0.25) is 14.6 Å². The molecule has 1 aromatic heterocycles. The van der Waals surface area contributed by atoms with Crippen molar-refractivity contribution in [2.75, 3.05) is 44.7 Å². The number of nitrogens with zero attached hydrogens (tertiary/aromatic N) is 5. The highest BCUT2D eigenvalue weighted by atomic mass is 19.3. The monoisotopic (exact) mass is 619 g/mol. The van der Waals surface area contributed by atoms with Crippen LogP contribution in [0.3, 0.4) is 0 Å². The minimum Gasteiger partial charge on any atom is -0.353 e. The van der Waals surface area contributed by atoms with Crippen LogP contribution in [-0.4, -0.2) is 71.7 Å². The quantitative estimate of drug-likeness (QED) is 0.270. The Bertz CT molecular complexity index is 1350. The summed E-state index contributed by atoms with van der Waals surface area (Å²) in [5.41, 5.74) is 3.51. The van der Waals surface area contributed by atoms with Gasteiger partial charge in [-0.05, 0) is 60.5 Å². The standard InChI is InChI=1S/C27H32F3N7O3.2C2H6/c1-4-31-9-10-32-23(38)15-36(16-24(39)35(3)37-13-19-5-7-21(28)12-20(19)14-37)22-8-6-18(11-17(22)2)26-33-27(25(29)30)40-34-26;2*1-2/h5-8,11-12,25,31H,4,9-10,13-16H2,1-3H3,(H,32,38);2*1-2H3. The molecule has 0 unspecified atom stereocenters. The fraction of sp³-hybridized carbons (Fsp3) is 0.484. The minimum atomic E-state index is -2.88. The number of halogens is 3. The van der Waals surface area contributed by atoms with Crippen molar-refractivity contribution in [3.8, 4) is 11.4 Å². The van der Waals surface area contributed by atoms with Gasteiger partial charge in [0, 0.05) is 44.5 Å². The van der Waals surface area contributed by atoms with E-state index in [2.05, 4.69) is 25.3 Å². The highest BCUT2D eigenvalue weighted by Crippen LogP contribution is 2.28. The number of likely N-dealkylation sites (N-methyl/N-ethyl adjacent to an activating group) is 2. The van der Waals surface area contributed by atoms with Crippen molar-refractivity contribution in [3.05, 3.63) is 64.8 Å². The van der Waals surface area contributed by atoms with Crippen molar-refractivity contribution in [3.63, 3.8) is 0 Å². The number of anilines is 1. The first-order valence-electron chi connectivity index (χ1n) is 14.9. The van der Waals surface area contributed by atoms with Crippen LogP contribution in [0.25, 0.3) is 11.4 Å². The average Bonchev–Trinajstić information content (AvgIpc) is 3.68. The summed E-state index contributed by atoms with van der Waals surface area (Å²) in [5.74, 6) is -1.62. The molecule has 2 heterocycles. The summed E-state index contributed by atoms with van der Waals surface area (Å²) in [6, 6.07) is 9.58. The van der Waals surface area contributed by atoms with Gasteiger partial charge < -0.3 is 20.1 Å². The smallest absolute Gasteiger partial charge is 0.315 e. The van der Waals surface area contributed by atoms with Crippen LogP contribution in [0.4, 0.5) is 18.9 Å². The van der Waals surface area contributed by atoms with Gasteiger partial charge in [0.15, 0.2) is 0 Å². The van der Waals surface area contributed by atoms with Crippen molar-refractivity contribution in [2.45, 2.75) is 61.1 Å². The van der Waals surface area contributed by atoms with Crippen LogP contribution in [0.15, 0.2) is 40.9 Å². The first-order chi connectivity index (χ1) is 21.2. The van der Waals surface area contributed by atoms with Crippen molar-refractivity contribution in [1.29, 1.82) is 0 Å². The minimum absolute atomic E-state index is 0.0125. The molecular formula is C31H44F3N7O3. The lowest BCUT2D eigenvalue weighted by atomic mass is 10.1. The highest BCUT2D eigenvalue weighted by molar-refractivity contribution is 5.87. The summed E-state index contributed by atoms with van der Waals surface area (Å²) < 4.78 is 44.1. The summed E-state index contributed by atoms with van der Waals surface area (Å²) in [6.07, 6.45) is -2.88. The molecule has 10 nitrogen and oxygen atoms in total. The number of amides is 2. The molecule has 2 amide bonds. The van der Waals surface area contributed by atoms with Gasteiger partial charge in [-0.1, -0.05) is 45.8 Å². The van der Waals surface area contributed by atoms with Crippen LogP contribution in [0.5, 0.6) is 0 Å². The second-order valence-electron chi connectivity index (χ2n) is 9.47. The van der Waals surface area contributed by atoms with E-state index in [1.807, 2.05) is 39.6 Å². The zero-order chi connectivity index (χ0) is 32.8. The van der Waals surface area contributed by atoms with Gasteiger partial charge in [0.2, 0.25) is 11.7 Å². The number of nitrogens with one attached hydrogen (secondary N) is 2. The number of alkyl halides is 2. The molecule has 4 rings (SSSR count). The number of carbonyl (C=O) groups excluding carboxylic acids is 2. The number of hydrogen-bond acceptors (Lipinski definition) is 8. The largest absolute Gasteiger partial charge is 0.353 e. The Kier molecular flexibility index (Phi) is 14.8. The Morgan fingerprint density at radius 3 is 2.36 bits per heavy atom. The first kappa shape index (κ1) is 36.2. The SMILES string of the molecule is CC.CC.CCNCCNC(=O)CN(CC(=O)N(C)N1Cc2ccc(F)cc2C1)c1ccc(-c2noc(C(F)F)n2)cc1C. The predicted octanol–water partition coefficient (Wildman–Crippen LogP) is 5.10. The number of rotatable bonds is 12. The summed E-state index contributed by atoms with van der Waals surface area (Å²) in [5, 5.41) is 12.9. The van der Waals surface area contributed by atoms with E-state index in [1.165, 1.54) is 17.1 Å². The summed E-state index contributed by atoms with van der Waals surface area (Å²) in [6.45, 7) is 14.2. The lowest BCUT2D eigenvalue weighted by molar-refractivity contribution is -0.145. The molecule has 44 heavy (non-hydrogen) atoms. The maximum Gasteiger partial charge on any atom is 0.315 e. The fourth-order valence-corrected chi connectivity index (χ4v) is 4.49. The second kappa shape index (κ2) is 18.0. The number of fused-ring (bicyclic) bond motifs is 1. The molecule has 0 saturated carbocycles. The third-order valence-electron chi connectivity index (χ3n) is 6.62. The van der Waals surface area contributed by atoms with E-state index >= 15 is 0 Å².